The number of hydrogen-bond acceptors (Lipinski definition) is 2. The number of hydrogen-bond donors (Lipinski definition) is 0. The molecule has 1 fully saturated rings. The second-order valence-electron chi connectivity index (χ2n) is 8.23. The molecule has 120 valence electrons. The predicted octanol–water partition coefficient (Wildman–Crippen LogP) is 4.28. The summed E-state index contributed by atoms with van der Waals surface area (Å²) in [6.45, 7) is 17.4. The summed E-state index contributed by atoms with van der Waals surface area (Å²) in [7, 11) is 0. The van der Waals surface area contributed by atoms with Crippen LogP contribution in [0.1, 0.15) is 47.5 Å². The van der Waals surface area contributed by atoms with Crippen molar-refractivity contribution >= 4 is 11.6 Å². The van der Waals surface area contributed by atoms with Gasteiger partial charge in [-0.2, -0.15) is 0 Å². The second-order valence-corrected chi connectivity index (χ2v) is 8.23. The maximum absolute atomic E-state index is 12.7. The smallest absolute Gasteiger partial charge is 0.226 e. The van der Waals surface area contributed by atoms with Gasteiger partial charge in [0, 0.05) is 16.2 Å². The number of allylic oxidation sites excluding steroid dienone is 6. The van der Waals surface area contributed by atoms with E-state index < -0.39 is 10.8 Å². The topological polar surface area (TPSA) is 38.5 Å². The molecule has 0 aliphatic heterocycles. The van der Waals surface area contributed by atoms with Gasteiger partial charge in [-0.15, -0.1) is 0 Å². The zero-order valence-corrected chi connectivity index (χ0v) is 14.5. The lowest BCUT2D eigenvalue weighted by Crippen LogP contribution is -2.52. The van der Waals surface area contributed by atoms with E-state index in [0.717, 1.165) is 24.0 Å². The molecule has 3 aliphatic rings. The predicted molar refractivity (Wildman–Crippen MR) is 89.3 cm³/mol. The van der Waals surface area contributed by atoms with E-state index in [1.807, 2.05) is 26.8 Å². The molecule has 0 aromatic rings. The standard InChI is InChI=1S/C20H23NO2/c1-12-10-19(4)8-7-15-18(2,3)17(23)13(21-6)11-20(15,5)16(19)9-14(12)22/h9-11,15H,7-8H2,1-5H3/t15-,19-,20-/m0/s1. The molecule has 3 atom stereocenters. The number of ketones is 2. The Bertz CT molecular complexity index is 759. The van der Waals surface area contributed by atoms with Crippen molar-refractivity contribution in [1.82, 2.24) is 0 Å². The van der Waals surface area contributed by atoms with Crippen molar-refractivity contribution < 1.29 is 9.59 Å². The Morgan fingerprint density at radius 3 is 2.43 bits per heavy atom. The summed E-state index contributed by atoms with van der Waals surface area (Å²) >= 11 is 0. The van der Waals surface area contributed by atoms with E-state index in [9.17, 15) is 9.59 Å². The van der Waals surface area contributed by atoms with Crippen molar-refractivity contribution in [3.8, 4) is 0 Å². The molecule has 0 spiro atoms. The molecule has 3 nitrogen and oxygen atoms in total. The highest BCUT2D eigenvalue weighted by molar-refractivity contribution is 6.06. The molecule has 1 saturated carbocycles. The first-order valence-electron chi connectivity index (χ1n) is 8.18. The molecule has 0 N–H and O–H groups in total. The van der Waals surface area contributed by atoms with Crippen molar-refractivity contribution in [2.24, 2.45) is 22.2 Å². The van der Waals surface area contributed by atoms with Crippen LogP contribution < -0.4 is 0 Å². The lowest BCUT2D eigenvalue weighted by atomic mass is 9.46. The van der Waals surface area contributed by atoms with E-state index in [1.54, 1.807) is 6.08 Å². The Morgan fingerprint density at radius 2 is 1.83 bits per heavy atom. The normalized spacial score (nSPS) is 38.6. The third-order valence-corrected chi connectivity index (χ3v) is 6.32. The molecular weight excluding hydrogens is 286 g/mol. The Hall–Kier alpha value is -1.95. The number of fused-ring (bicyclic) bond motifs is 3. The fraction of sp³-hybridized carbons (Fsp3) is 0.550. The largest absolute Gasteiger partial charge is 0.307 e. The molecule has 3 rings (SSSR count). The maximum Gasteiger partial charge on any atom is 0.226 e. The SMILES string of the molecule is [C-]#[N+]C1=C[C@]2(C)C3=CC(=O)C(C)=C[C@]3(C)CC[C@H]2C(C)(C)C1=O. The molecule has 3 aliphatic carbocycles. The van der Waals surface area contributed by atoms with E-state index in [1.165, 1.54) is 0 Å². The van der Waals surface area contributed by atoms with E-state index in [-0.39, 0.29) is 28.6 Å². The van der Waals surface area contributed by atoms with Gasteiger partial charge in [-0.05, 0) is 42.9 Å². The molecule has 3 heteroatoms. The van der Waals surface area contributed by atoms with E-state index >= 15 is 0 Å². The van der Waals surface area contributed by atoms with Crippen LogP contribution in [0.4, 0.5) is 0 Å². The van der Waals surface area contributed by atoms with Gasteiger partial charge in [0.25, 0.3) is 0 Å². The fourth-order valence-corrected chi connectivity index (χ4v) is 5.16. The molecule has 0 aromatic heterocycles. The molecule has 0 radical (unpaired) electrons. The van der Waals surface area contributed by atoms with Crippen LogP contribution >= 0.6 is 0 Å². The zero-order valence-electron chi connectivity index (χ0n) is 14.5. The minimum Gasteiger partial charge on any atom is -0.307 e. The first-order chi connectivity index (χ1) is 10.6. The van der Waals surface area contributed by atoms with Gasteiger partial charge in [-0.25, -0.2) is 4.85 Å². The molecule has 0 unspecified atom stereocenters. The van der Waals surface area contributed by atoms with Crippen LogP contribution in [0.15, 0.2) is 35.1 Å². The number of carbonyl (C=O) groups is 2. The van der Waals surface area contributed by atoms with Gasteiger partial charge >= 0.3 is 0 Å². The van der Waals surface area contributed by atoms with Gasteiger partial charge in [0.2, 0.25) is 5.70 Å². The Labute approximate surface area is 138 Å². The van der Waals surface area contributed by atoms with Gasteiger partial charge in [-0.3, -0.25) is 4.79 Å². The van der Waals surface area contributed by atoms with Crippen LogP contribution in [0, 0.1) is 28.7 Å². The molecule has 0 bridgehead atoms. The van der Waals surface area contributed by atoms with Crippen molar-refractivity contribution in [2.75, 3.05) is 0 Å². The molecule has 0 amide bonds. The minimum atomic E-state index is -0.579. The van der Waals surface area contributed by atoms with Crippen LogP contribution in [-0.2, 0) is 9.59 Å². The van der Waals surface area contributed by atoms with E-state index in [2.05, 4.69) is 24.8 Å². The monoisotopic (exact) mass is 309 g/mol. The summed E-state index contributed by atoms with van der Waals surface area (Å²) < 4.78 is 0. The van der Waals surface area contributed by atoms with E-state index in [0.29, 0.717) is 0 Å². The highest BCUT2D eigenvalue weighted by Gasteiger charge is 2.58. The molecule has 0 saturated heterocycles. The summed E-state index contributed by atoms with van der Waals surface area (Å²) in [5.74, 6) is 0.104. The summed E-state index contributed by atoms with van der Waals surface area (Å²) in [4.78, 5) is 28.4. The van der Waals surface area contributed by atoms with Gasteiger partial charge in [0.15, 0.2) is 11.6 Å². The third-order valence-electron chi connectivity index (χ3n) is 6.32. The van der Waals surface area contributed by atoms with Gasteiger partial charge < -0.3 is 4.79 Å². The molecular formula is C20H23NO2. The Kier molecular flexibility index (Phi) is 3.14. The quantitative estimate of drug-likeness (QED) is 0.627. The first-order valence-corrected chi connectivity index (χ1v) is 8.18. The van der Waals surface area contributed by atoms with Crippen LogP contribution in [0.2, 0.25) is 0 Å². The Balaban J connectivity index is 2.26. The van der Waals surface area contributed by atoms with Gasteiger partial charge in [0.05, 0.1) is 6.57 Å². The van der Waals surface area contributed by atoms with Crippen LogP contribution in [0.5, 0.6) is 0 Å². The van der Waals surface area contributed by atoms with Crippen LogP contribution in [-0.4, -0.2) is 11.6 Å². The fourth-order valence-electron chi connectivity index (χ4n) is 5.16. The Morgan fingerprint density at radius 1 is 1.17 bits per heavy atom. The van der Waals surface area contributed by atoms with E-state index in [4.69, 9.17) is 6.57 Å². The lowest BCUT2D eigenvalue weighted by Gasteiger charge is -2.57. The van der Waals surface area contributed by atoms with Crippen molar-refractivity contribution in [1.29, 1.82) is 0 Å². The summed E-state index contributed by atoms with van der Waals surface area (Å²) in [5, 5.41) is 0. The highest BCUT2D eigenvalue weighted by Crippen LogP contribution is 2.63. The lowest BCUT2D eigenvalue weighted by molar-refractivity contribution is -0.130. The molecule has 0 aromatic carbocycles. The molecule has 0 heterocycles. The minimum absolute atomic E-state index is 0.0480. The number of Topliss-reactive ketones (excluding diaryl/α,β-unsaturated/α-hetero) is 1. The summed E-state index contributed by atoms with van der Waals surface area (Å²) in [6, 6.07) is 0. The van der Waals surface area contributed by atoms with Crippen LogP contribution in [0.3, 0.4) is 0 Å². The summed E-state index contributed by atoms with van der Waals surface area (Å²) in [5.41, 5.74) is 0.917. The van der Waals surface area contributed by atoms with Crippen molar-refractivity contribution in [3.63, 3.8) is 0 Å². The van der Waals surface area contributed by atoms with Crippen LogP contribution in [0.25, 0.3) is 4.85 Å². The highest BCUT2D eigenvalue weighted by atomic mass is 16.1. The van der Waals surface area contributed by atoms with Gasteiger partial charge in [-0.1, -0.05) is 39.8 Å². The number of nitrogens with zero attached hydrogens (tertiary/aromatic N) is 1. The average Bonchev–Trinajstić information content (AvgIpc) is 2.45. The number of rotatable bonds is 0. The van der Waals surface area contributed by atoms with Crippen molar-refractivity contribution in [2.45, 2.75) is 47.5 Å². The molecule has 23 heavy (non-hydrogen) atoms. The average molecular weight is 309 g/mol. The zero-order chi connectivity index (χ0) is 17.2. The summed E-state index contributed by atoms with van der Waals surface area (Å²) in [6.07, 6.45) is 7.54. The number of carbonyl (C=O) groups excluding carboxylic acids is 2. The third kappa shape index (κ3) is 1.94. The maximum atomic E-state index is 12.7. The first kappa shape index (κ1) is 15.9. The van der Waals surface area contributed by atoms with Gasteiger partial charge in [0.1, 0.15) is 0 Å². The van der Waals surface area contributed by atoms with Crippen molar-refractivity contribution in [3.05, 3.63) is 46.5 Å². The second kappa shape index (κ2) is 4.54.